The molecule has 0 amide bonds. The Hall–Kier alpha value is -1.78. The highest BCUT2D eigenvalue weighted by Crippen LogP contribution is 2.03. The van der Waals surface area contributed by atoms with Gasteiger partial charge in [-0.05, 0) is 12.1 Å². The molecule has 2 rings (SSSR count). The van der Waals surface area contributed by atoms with E-state index < -0.39 is 5.82 Å². The van der Waals surface area contributed by atoms with Crippen molar-refractivity contribution in [3.8, 4) is 0 Å². The molecule has 2 aromatic rings. The summed E-state index contributed by atoms with van der Waals surface area (Å²) >= 11 is 0. The van der Waals surface area contributed by atoms with E-state index in [1.54, 1.807) is 0 Å². The Morgan fingerprint density at radius 3 is 3.00 bits per heavy atom. The van der Waals surface area contributed by atoms with E-state index >= 15 is 0 Å². The molecule has 0 N–H and O–H groups in total. The van der Waals surface area contributed by atoms with Crippen LogP contribution in [0.3, 0.4) is 0 Å². The van der Waals surface area contributed by atoms with E-state index in [9.17, 15) is 9.18 Å². The molecular formula is C7H4FN3O. The maximum atomic E-state index is 12.6. The summed E-state index contributed by atoms with van der Waals surface area (Å²) < 4.78 is 13.9. The van der Waals surface area contributed by atoms with Crippen molar-refractivity contribution in [2.45, 2.75) is 0 Å². The second-order valence-electron chi connectivity index (χ2n) is 2.25. The molecule has 0 fully saturated rings. The minimum Gasteiger partial charge on any atom is -0.294 e. The van der Waals surface area contributed by atoms with Crippen LogP contribution in [0.4, 0.5) is 4.39 Å². The first kappa shape index (κ1) is 6.90. The minimum absolute atomic E-state index is 0.101. The van der Waals surface area contributed by atoms with Crippen LogP contribution in [0.2, 0.25) is 0 Å². The van der Waals surface area contributed by atoms with E-state index in [2.05, 4.69) is 10.2 Å². The molecule has 0 bridgehead atoms. The molecule has 0 unspecified atom stereocenters. The van der Waals surface area contributed by atoms with Crippen molar-refractivity contribution in [1.29, 1.82) is 0 Å². The molecule has 0 aliphatic heterocycles. The SMILES string of the molecule is O=Cc1nnc2ccc(F)cn12. The Kier molecular flexibility index (Phi) is 1.36. The molecule has 0 radical (unpaired) electrons. The van der Waals surface area contributed by atoms with Gasteiger partial charge >= 0.3 is 0 Å². The predicted molar refractivity (Wildman–Crippen MR) is 38.3 cm³/mol. The smallest absolute Gasteiger partial charge is 0.201 e. The quantitative estimate of drug-likeness (QED) is 0.584. The lowest BCUT2D eigenvalue weighted by molar-refractivity contribution is 0.111. The number of rotatable bonds is 1. The van der Waals surface area contributed by atoms with Crippen LogP contribution in [-0.2, 0) is 0 Å². The Labute approximate surface area is 66.6 Å². The molecule has 60 valence electrons. The number of hydrogen-bond acceptors (Lipinski definition) is 3. The van der Waals surface area contributed by atoms with Crippen molar-refractivity contribution in [3.05, 3.63) is 30.0 Å². The molecular weight excluding hydrogens is 161 g/mol. The first-order valence-corrected chi connectivity index (χ1v) is 3.27. The molecule has 12 heavy (non-hydrogen) atoms. The Balaban J connectivity index is 2.83. The predicted octanol–water partition coefficient (Wildman–Crippen LogP) is 0.681. The zero-order chi connectivity index (χ0) is 8.55. The molecule has 2 heterocycles. The average molecular weight is 165 g/mol. The number of fused-ring (bicyclic) bond motifs is 1. The summed E-state index contributed by atoms with van der Waals surface area (Å²) in [6.45, 7) is 0. The zero-order valence-corrected chi connectivity index (χ0v) is 5.94. The minimum atomic E-state index is -0.426. The average Bonchev–Trinajstić information content (AvgIpc) is 2.46. The first-order valence-electron chi connectivity index (χ1n) is 3.27. The Morgan fingerprint density at radius 1 is 1.42 bits per heavy atom. The number of aldehydes is 1. The highest BCUT2D eigenvalue weighted by molar-refractivity contribution is 5.70. The normalized spacial score (nSPS) is 10.4. The van der Waals surface area contributed by atoms with Crippen LogP contribution in [0.5, 0.6) is 0 Å². The topological polar surface area (TPSA) is 47.3 Å². The molecule has 4 nitrogen and oxygen atoms in total. The third-order valence-electron chi connectivity index (χ3n) is 1.50. The fourth-order valence-corrected chi connectivity index (χ4v) is 0.963. The van der Waals surface area contributed by atoms with Gasteiger partial charge < -0.3 is 0 Å². The maximum absolute atomic E-state index is 12.6. The zero-order valence-electron chi connectivity index (χ0n) is 5.94. The third kappa shape index (κ3) is 0.868. The lowest BCUT2D eigenvalue weighted by Gasteiger charge is -1.91. The van der Waals surface area contributed by atoms with Gasteiger partial charge in [0, 0.05) is 6.20 Å². The molecule has 0 aliphatic carbocycles. The second-order valence-corrected chi connectivity index (χ2v) is 2.25. The van der Waals surface area contributed by atoms with Crippen LogP contribution in [0.1, 0.15) is 10.6 Å². The van der Waals surface area contributed by atoms with Crippen molar-refractivity contribution in [1.82, 2.24) is 14.6 Å². The maximum Gasteiger partial charge on any atom is 0.201 e. The molecule has 2 aromatic heterocycles. The van der Waals surface area contributed by atoms with Crippen LogP contribution in [0.25, 0.3) is 5.65 Å². The van der Waals surface area contributed by atoms with Gasteiger partial charge in [-0.1, -0.05) is 0 Å². The van der Waals surface area contributed by atoms with E-state index in [1.807, 2.05) is 0 Å². The Morgan fingerprint density at radius 2 is 2.25 bits per heavy atom. The van der Waals surface area contributed by atoms with Gasteiger partial charge in [0.25, 0.3) is 0 Å². The lowest BCUT2D eigenvalue weighted by Crippen LogP contribution is -1.92. The van der Waals surface area contributed by atoms with Gasteiger partial charge in [0.05, 0.1) is 0 Å². The number of aromatic nitrogens is 3. The van der Waals surface area contributed by atoms with Gasteiger partial charge in [-0.15, -0.1) is 10.2 Å². The van der Waals surface area contributed by atoms with Crippen molar-refractivity contribution < 1.29 is 9.18 Å². The number of carbonyl (C=O) groups excluding carboxylic acids is 1. The van der Waals surface area contributed by atoms with E-state index in [-0.39, 0.29) is 5.82 Å². The van der Waals surface area contributed by atoms with E-state index in [4.69, 9.17) is 0 Å². The van der Waals surface area contributed by atoms with Crippen molar-refractivity contribution in [2.75, 3.05) is 0 Å². The van der Waals surface area contributed by atoms with E-state index in [0.29, 0.717) is 11.9 Å². The number of carbonyl (C=O) groups is 1. The van der Waals surface area contributed by atoms with Gasteiger partial charge in [0.1, 0.15) is 5.82 Å². The lowest BCUT2D eigenvalue weighted by atomic mass is 10.4. The largest absolute Gasteiger partial charge is 0.294 e. The summed E-state index contributed by atoms with van der Waals surface area (Å²) in [4.78, 5) is 10.3. The van der Waals surface area contributed by atoms with Crippen molar-refractivity contribution in [3.63, 3.8) is 0 Å². The van der Waals surface area contributed by atoms with Gasteiger partial charge in [0.2, 0.25) is 5.82 Å². The van der Waals surface area contributed by atoms with E-state index in [1.165, 1.54) is 22.7 Å². The molecule has 0 saturated heterocycles. The number of hydrogen-bond donors (Lipinski definition) is 0. The van der Waals surface area contributed by atoms with E-state index in [0.717, 1.165) is 0 Å². The monoisotopic (exact) mass is 165 g/mol. The summed E-state index contributed by atoms with van der Waals surface area (Å²) in [5, 5.41) is 7.18. The summed E-state index contributed by atoms with van der Waals surface area (Å²) in [6.07, 6.45) is 1.69. The highest BCUT2D eigenvalue weighted by atomic mass is 19.1. The highest BCUT2D eigenvalue weighted by Gasteiger charge is 2.03. The fraction of sp³-hybridized carbons (Fsp3) is 0. The second kappa shape index (κ2) is 2.37. The van der Waals surface area contributed by atoms with Crippen LogP contribution in [0, 0.1) is 5.82 Å². The summed E-state index contributed by atoms with van der Waals surface area (Å²) in [6, 6.07) is 2.72. The van der Waals surface area contributed by atoms with Crippen LogP contribution < -0.4 is 0 Å². The van der Waals surface area contributed by atoms with Gasteiger partial charge in [-0.3, -0.25) is 9.20 Å². The number of halogens is 1. The summed E-state index contributed by atoms with van der Waals surface area (Å²) in [5.41, 5.74) is 0.457. The van der Waals surface area contributed by atoms with Gasteiger partial charge in [0.15, 0.2) is 11.9 Å². The Bertz CT molecular complexity index is 437. The molecule has 0 aliphatic rings. The van der Waals surface area contributed by atoms with Crippen molar-refractivity contribution in [2.24, 2.45) is 0 Å². The van der Waals surface area contributed by atoms with Crippen LogP contribution in [0.15, 0.2) is 18.3 Å². The van der Waals surface area contributed by atoms with Crippen LogP contribution in [-0.4, -0.2) is 20.9 Å². The van der Waals surface area contributed by atoms with Crippen LogP contribution >= 0.6 is 0 Å². The van der Waals surface area contributed by atoms with Crippen molar-refractivity contribution >= 4 is 11.9 Å². The molecule has 0 spiro atoms. The van der Waals surface area contributed by atoms with Gasteiger partial charge in [-0.25, -0.2) is 4.39 Å². The number of pyridine rings is 1. The molecule has 0 saturated carbocycles. The molecule has 0 atom stereocenters. The summed E-state index contributed by atoms with van der Waals surface area (Å²) in [7, 11) is 0. The first-order chi connectivity index (χ1) is 5.81. The standard InChI is InChI=1S/C7H4FN3O/c8-5-1-2-6-9-10-7(4-12)11(6)3-5/h1-4H. The molecule has 5 heteroatoms. The number of nitrogens with zero attached hydrogens (tertiary/aromatic N) is 3. The third-order valence-corrected chi connectivity index (χ3v) is 1.50. The fourth-order valence-electron chi connectivity index (χ4n) is 0.963. The van der Waals surface area contributed by atoms with Gasteiger partial charge in [-0.2, -0.15) is 0 Å². The molecule has 0 aromatic carbocycles. The summed E-state index contributed by atoms with van der Waals surface area (Å²) in [5.74, 6) is -0.324.